The standard InChI is InChI=1S/C18H27NO/c1-3-18(10-5-6-11-18)17(19-4-2)15-7-8-16-14(13-15)9-12-20-16/h7-8,13,17,19H,3-6,9-12H2,1-2H3. The van der Waals surface area contributed by atoms with Crippen molar-refractivity contribution in [2.45, 2.75) is 58.4 Å². The maximum Gasteiger partial charge on any atom is 0.122 e. The minimum absolute atomic E-state index is 0.462. The second-order valence-electron chi connectivity index (χ2n) is 6.38. The van der Waals surface area contributed by atoms with E-state index in [1.807, 2.05) is 0 Å². The van der Waals surface area contributed by atoms with E-state index in [-0.39, 0.29) is 0 Å². The third-order valence-electron chi connectivity index (χ3n) is 5.37. The van der Waals surface area contributed by atoms with Crippen LogP contribution in [0.15, 0.2) is 18.2 Å². The van der Waals surface area contributed by atoms with Crippen LogP contribution in [0.2, 0.25) is 0 Å². The molecule has 0 radical (unpaired) electrons. The Hall–Kier alpha value is -1.02. The zero-order chi connectivity index (χ0) is 14.0. The molecule has 20 heavy (non-hydrogen) atoms. The fourth-order valence-electron chi connectivity index (χ4n) is 4.20. The predicted molar refractivity (Wildman–Crippen MR) is 83.3 cm³/mol. The van der Waals surface area contributed by atoms with Gasteiger partial charge in [0.15, 0.2) is 0 Å². The number of benzene rings is 1. The lowest BCUT2D eigenvalue weighted by molar-refractivity contribution is 0.189. The highest BCUT2D eigenvalue weighted by atomic mass is 16.5. The van der Waals surface area contributed by atoms with Gasteiger partial charge in [-0.2, -0.15) is 0 Å². The van der Waals surface area contributed by atoms with Crippen LogP contribution < -0.4 is 10.1 Å². The summed E-state index contributed by atoms with van der Waals surface area (Å²) in [6, 6.07) is 7.37. The molecule has 110 valence electrons. The van der Waals surface area contributed by atoms with Crippen molar-refractivity contribution in [2.24, 2.45) is 5.41 Å². The predicted octanol–water partition coefficient (Wildman–Crippen LogP) is 4.24. The lowest BCUT2D eigenvalue weighted by Crippen LogP contribution is -2.36. The molecule has 2 aliphatic rings. The van der Waals surface area contributed by atoms with Crippen LogP contribution in [0.3, 0.4) is 0 Å². The van der Waals surface area contributed by atoms with E-state index in [9.17, 15) is 0 Å². The van der Waals surface area contributed by atoms with E-state index >= 15 is 0 Å². The van der Waals surface area contributed by atoms with Crippen molar-refractivity contribution >= 4 is 0 Å². The van der Waals surface area contributed by atoms with Crippen LogP contribution in [-0.4, -0.2) is 13.2 Å². The summed E-state index contributed by atoms with van der Waals surface area (Å²) in [6.45, 7) is 6.48. The zero-order valence-electron chi connectivity index (χ0n) is 12.9. The highest BCUT2D eigenvalue weighted by Gasteiger charge is 2.40. The Bertz CT molecular complexity index is 462. The normalized spacial score (nSPS) is 21.5. The summed E-state index contributed by atoms with van der Waals surface area (Å²) in [5.74, 6) is 1.10. The topological polar surface area (TPSA) is 21.3 Å². The Morgan fingerprint density at radius 2 is 2.05 bits per heavy atom. The van der Waals surface area contributed by atoms with Gasteiger partial charge in [-0.05, 0) is 48.4 Å². The van der Waals surface area contributed by atoms with Crippen molar-refractivity contribution in [3.8, 4) is 5.75 Å². The fourth-order valence-corrected chi connectivity index (χ4v) is 4.20. The first-order valence-corrected chi connectivity index (χ1v) is 8.28. The number of nitrogens with one attached hydrogen (secondary N) is 1. The van der Waals surface area contributed by atoms with Crippen LogP contribution >= 0.6 is 0 Å². The third kappa shape index (κ3) is 2.35. The van der Waals surface area contributed by atoms with Gasteiger partial charge in [-0.15, -0.1) is 0 Å². The number of hydrogen-bond donors (Lipinski definition) is 1. The summed E-state index contributed by atoms with van der Waals surface area (Å²) in [7, 11) is 0. The van der Waals surface area contributed by atoms with E-state index in [0.717, 1.165) is 25.3 Å². The van der Waals surface area contributed by atoms with Crippen LogP contribution in [0.1, 0.15) is 63.1 Å². The largest absolute Gasteiger partial charge is 0.493 e. The molecule has 0 bridgehead atoms. The molecule has 0 spiro atoms. The van der Waals surface area contributed by atoms with E-state index in [1.165, 1.54) is 43.2 Å². The van der Waals surface area contributed by atoms with Gasteiger partial charge in [0.1, 0.15) is 5.75 Å². The molecule has 1 aromatic carbocycles. The Balaban J connectivity index is 1.93. The lowest BCUT2D eigenvalue weighted by atomic mass is 9.73. The monoisotopic (exact) mass is 273 g/mol. The first-order chi connectivity index (χ1) is 9.79. The van der Waals surface area contributed by atoms with Crippen LogP contribution in [-0.2, 0) is 6.42 Å². The summed E-state index contributed by atoms with van der Waals surface area (Å²) < 4.78 is 5.65. The van der Waals surface area contributed by atoms with E-state index in [0.29, 0.717) is 11.5 Å². The summed E-state index contributed by atoms with van der Waals surface area (Å²) in [6.07, 6.45) is 7.87. The third-order valence-corrected chi connectivity index (χ3v) is 5.37. The average Bonchev–Trinajstić information content (AvgIpc) is 3.13. The summed E-state index contributed by atoms with van der Waals surface area (Å²) in [4.78, 5) is 0. The van der Waals surface area contributed by atoms with Crippen molar-refractivity contribution < 1.29 is 4.74 Å². The van der Waals surface area contributed by atoms with Gasteiger partial charge in [0.25, 0.3) is 0 Å². The number of rotatable bonds is 5. The Morgan fingerprint density at radius 1 is 1.25 bits per heavy atom. The minimum atomic E-state index is 0.462. The maximum absolute atomic E-state index is 5.65. The number of ether oxygens (including phenoxy) is 1. The van der Waals surface area contributed by atoms with E-state index in [2.05, 4.69) is 37.4 Å². The van der Waals surface area contributed by atoms with Crippen LogP contribution in [0.25, 0.3) is 0 Å². The molecule has 2 heteroatoms. The van der Waals surface area contributed by atoms with Gasteiger partial charge in [0, 0.05) is 12.5 Å². The van der Waals surface area contributed by atoms with Gasteiger partial charge in [0.2, 0.25) is 0 Å². The Morgan fingerprint density at radius 3 is 2.75 bits per heavy atom. The molecule has 0 amide bonds. The SMILES string of the molecule is CCNC(c1ccc2c(c1)CCO2)C1(CC)CCCC1. The van der Waals surface area contributed by atoms with E-state index in [4.69, 9.17) is 4.74 Å². The number of fused-ring (bicyclic) bond motifs is 1. The highest BCUT2D eigenvalue weighted by Crippen LogP contribution is 2.50. The second kappa shape index (κ2) is 5.77. The van der Waals surface area contributed by atoms with Crippen LogP contribution in [0, 0.1) is 5.41 Å². The average molecular weight is 273 g/mol. The Kier molecular flexibility index (Phi) is 4.02. The van der Waals surface area contributed by atoms with Gasteiger partial charge in [0.05, 0.1) is 6.61 Å². The molecule has 3 rings (SSSR count). The molecule has 1 atom stereocenters. The van der Waals surface area contributed by atoms with Gasteiger partial charge in [-0.25, -0.2) is 0 Å². The molecule has 1 heterocycles. The fraction of sp³-hybridized carbons (Fsp3) is 0.667. The number of hydrogen-bond acceptors (Lipinski definition) is 2. The zero-order valence-corrected chi connectivity index (χ0v) is 12.9. The van der Waals surface area contributed by atoms with Crippen molar-refractivity contribution in [3.63, 3.8) is 0 Å². The molecule has 1 saturated carbocycles. The molecule has 2 nitrogen and oxygen atoms in total. The van der Waals surface area contributed by atoms with Crippen LogP contribution in [0.5, 0.6) is 5.75 Å². The van der Waals surface area contributed by atoms with Crippen molar-refractivity contribution in [2.75, 3.05) is 13.2 Å². The molecule has 1 fully saturated rings. The van der Waals surface area contributed by atoms with Crippen molar-refractivity contribution in [1.29, 1.82) is 0 Å². The van der Waals surface area contributed by atoms with Crippen molar-refractivity contribution in [3.05, 3.63) is 29.3 Å². The smallest absolute Gasteiger partial charge is 0.122 e. The maximum atomic E-state index is 5.65. The summed E-state index contributed by atoms with van der Waals surface area (Å²) in [5, 5.41) is 3.78. The van der Waals surface area contributed by atoms with Gasteiger partial charge >= 0.3 is 0 Å². The molecule has 1 unspecified atom stereocenters. The van der Waals surface area contributed by atoms with Gasteiger partial charge in [-0.1, -0.05) is 38.8 Å². The molecular formula is C18H27NO. The quantitative estimate of drug-likeness (QED) is 0.866. The van der Waals surface area contributed by atoms with Gasteiger partial charge in [-0.3, -0.25) is 0 Å². The van der Waals surface area contributed by atoms with E-state index < -0.39 is 0 Å². The van der Waals surface area contributed by atoms with E-state index in [1.54, 1.807) is 0 Å². The molecule has 1 N–H and O–H groups in total. The minimum Gasteiger partial charge on any atom is -0.493 e. The lowest BCUT2D eigenvalue weighted by Gasteiger charge is -2.38. The summed E-state index contributed by atoms with van der Waals surface area (Å²) >= 11 is 0. The molecule has 1 aliphatic heterocycles. The van der Waals surface area contributed by atoms with Crippen LogP contribution in [0.4, 0.5) is 0 Å². The molecule has 1 aliphatic carbocycles. The molecule has 1 aromatic rings. The second-order valence-corrected chi connectivity index (χ2v) is 6.38. The summed E-state index contributed by atoms with van der Waals surface area (Å²) in [5.41, 5.74) is 3.33. The Labute approximate surface area is 122 Å². The molecular weight excluding hydrogens is 246 g/mol. The first-order valence-electron chi connectivity index (χ1n) is 8.28. The van der Waals surface area contributed by atoms with Crippen molar-refractivity contribution in [1.82, 2.24) is 5.32 Å². The first kappa shape index (κ1) is 13.9. The van der Waals surface area contributed by atoms with Gasteiger partial charge < -0.3 is 10.1 Å². The molecule has 0 aromatic heterocycles. The highest BCUT2D eigenvalue weighted by molar-refractivity contribution is 5.41. The molecule has 0 saturated heterocycles.